The van der Waals surface area contributed by atoms with E-state index < -0.39 is 0 Å². The Bertz CT molecular complexity index is 253. The lowest BCUT2D eigenvalue weighted by Crippen LogP contribution is -1.94. The Balaban J connectivity index is 3.27. The number of hydrogen-bond acceptors (Lipinski definition) is 2. The second-order valence-electron chi connectivity index (χ2n) is 2.22. The molecule has 1 rings (SSSR count). The minimum absolute atomic E-state index is 0.706. The zero-order valence-corrected chi connectivity index (χ0v) is 5.89. The quantitative estimate of drug-likeness (QED) is 0.444. The van der Waals surface area contributed by atoms with E-state index in [0.29, 0.717) is 5.69 Å². The molecule has 0 saturated heterocycles. The number of nitrogens with one attached hydrogen (secondary N) is 1. The Morgan fingerprint density at radius 2 is 2.20 bits per heavy atom. The summed E-state index contributed by atoms with van der Waals surface area (Å²) >= 11 is 0. The Morgan fingerprint density at radius 3 is 2.70 bits per heavy atom. The molecule has 0 aliphatic rings. The van der Waals surface area contributed by atoms with Gasteiger partial charge in [0.1, 0.15) is 0 Å². The monoisotopic (exact) mass is 134 g/mol. The molecule has 0 amide bonds. The first-order valence-corrected chi connectivity index (χ1v) is 3.11. The number of anilines is 1. The highest BCUT2D eigenvalue weighted by Crippen LogP contribution is 2.13. The molecule has 0 heterocycles. The summed E-state index contributed by atoms with van der Waals surface area (Å²) in [7, 11) is 0. The molecule has 0 aromatic heterocycles. The van der Waals surface area contributed by atoms with Crippen LogP contribution in [0.3, 0.4) is 0 Å². The molecule has 0 unspecified atom stereocenters. The molecule has 0 atom stereocenters. The molecule has 2 nitrogen and oxygen atoms in total. The standard InChI is InChI=1S/C8H10N2/c1-6-3-2-4-7(5-9)8(6)10/h2-5,9H,10H2,1H3. The maximum atomic E-state index is 6.98. The Hall–Kier alpha value is -1.31. The lowest BCUT2D eigenvalue weighted by atomic mass is 10.1. The zero-order valence-electron chi connectivity index (χ0n) is 5.89. The van der Waals surface area contributed by atoms with E-state index >= 15 is 0 Å². The summed E-state index contributed by atoms with van der Waals surface area (Å²) in [6, 6.07) is 5.66. The van der Waals surface area contributed by atoms with Gasteiger partial charge in [0.2, 0.25) is 0 Å². The largest absolute Gasteiger partial charge is 0.398 e. The summed E-state index contributed by atoms with van der Waals surface area (Å²) in [5, 5.41) is 6.98. The molecule has 3 N–H and O–H groups in total. The molecule has 0 saturated carbocycles. The van der Waals surface area contributed by atoms with Crippen molar-refractivity contribution in [2.75, 3.05) is 5.73 Å². The fraction of sp³-hybridized carbons (Fsp3) is 0.125. The van der Waals surface area contributed by atoms with Crippen LogP contribution in [0.5, 0.6) is 0 Å². The summed E-state index contributed by atoms with van der Waals surface area (Å²) in [6.45, 7) is 1.93. The van der Waals surface area contributed by atoms with E-state index in [1.807, 2.05) is 25.1 Å². The number of benzene rings is 1. The van der Waals surface area contributed by atoms with Gasteiger partial charge in [-0.2, -0.15) is 0 Å². The number of para-hydroxylation sites is 1. The van der Waals surface area contributed by atoms with Gasteiger partial charge in [0.25, 0.3) is 0 Å². The van der Waals surface area contributed by atoms with Gasteiger partial charge >= 0.3 is 0 Å². The third-order valence-corrected chi connectivity index (χ3v) is 1.51. The number of nitrogens with two attached hydrogens (primary N) is 1. The first-order valence-electron chi connectivity index (χ1n) is 3.11. The highest BCUT2D eigenvalue weighted by molar-refractivity contribution is 5.85. The topological polar surface area (TPSA) is 49.9 Å². The number of hydrogen-bond donors (Lipinski definition) is 2. The van der Waals surface area contributed by atoms with E-state index in [-0.39, 0.29) is 0 Å². The van der Waals surface area contributed by atoms with Crippen LogP contribution in [0, 0.1) is 12.3 Å². The molecular formula is C8H10N2. The van der Waals surface area contributed by atoms with Crippen molar-refractivity contribution in [1.29, 1.82) is 5.41 Å². The van der Waals surface area contributed by atoms with Crippen molar-refractivity contribution in [2.45, 2.75) is 6.92 Å². The molecule has 52 valence electrons. The van der Waals surface area contributed by atoms with E-state index in [0.717, 1.165) is 11.1 Å². The van der Waals surface area contributed by atoms with E-state index in [1.165, 1.54) is 6.21 Å². The van der Waals surface area contributed by atoms with Crippen molar-refractivity contribution in [3.63, 3.8) is 0 Å². The lowest BCUT2D eigenvalue weighted by molar-refractivity contribution is 1.45. The Kier molecular flexibility index (Phi) is 1.71. The van der Waals surface area contributed by atoms with Crippen LogP contribution in [0.2, 0.25) is 0 Å². The van der Waals surface area contributed by atoms with Gasteiger partial charge in [0, 0.05) is 17.5 Å². The molecule has 0 fully saturated rings. The molecule has 0 spiro atoms. The van der Waals surface area contributed by atoms with Gasteiger partial charge in [-0.25, -0.2) is 0 Å². The maximum absolute atomic E-state index is 6.98. The molecule has 1 aromatic carbocycles. The molecular weight excluding hydrogens is 124 g/mol. The van der Waals surface area contributed by atoms with Crippen LogP contribution in [0.15, 0.2) is 18.2 Å². The summed E-state index contributed by atoms with van der Waals surface area (Å²) in [6.07, 6.45) is 1.27. The molecule has 0 aliphatic carbocycles. The number of rotatable bonds is 1. The molecule has 1 aromatic rings. The highest BCUT2D eigenvalue weighted by atomic mass is 14.6. The van der Waals surface area contributed by atoms with Gasteiger partial charge in [-0.05, 0) is 12.5 Å². The van der Waals surface area contributed by atoms with Crippen LogP contribution < -0.4 is 5.73 Å². The van der Waals surface area contributed by atoms with Gasteiger partial charge < -0.3 is 11.1 Å². The van der Waals surface area contributed by atoms with Crippen LogP contribution in [0.4, 0.5) is 5.69 Å². The molecule has 2 heteroatoms. The third-order valence-electron chi connectivity index (χ3n) is 1.51. The zero-order chi connectivity index (χ0) is 7.56. The molecule has 0 bridgehead atoms. The van der Waals surface area contributed by atoms with Crippen LogP contribution in [-0.2, 0) is 0 Å². The molecule has 0 radical (unpaired) electrons. The summed E-state index contributed by atoms with van der Waals surface area (Å²) in [5.74, 6) is 0. The van der Waals surface area contributed by atoms with Gasteiger partial charge in [0.15, 0.2) is 0 Å². The van der Waals surface area contributed by atoms with Crippen molar-refractivity contribution >= 4 is 11.9 Å². The highest BCUT2D eigenvalue weighted by Gasteiger charge is 1.95. The van der Waals surface area contributed by atoms with E-state index in [1.54, 1.807) is 0 Å². The van der Waals surface area contributed by atoms with Gasteiger partial charge in [0.05, 0.1) is 0 Å². The van der Waals surface area contributed by atoms with Crippen LogP contribution in [0.25, 0.3) is 0 Å². The van der Waals surface area contributed by atoms with Gasteiger partial charge in [-0.3, -0.25) is 0 Å². The van der Waals surface area contributed by atoms with E-state index in [9.17, 15) is 0 Å². The summed E-state index contributed by atoms with van der Waals surface area (Å²) < 4.78 is 0. The predicted molar refractivity (Wildman–Crippen MR) is 43.5 cm³/mol. The van der Waals surface area contributed by atoms with E-state index in [2.05, 4.69) is 0 Å². The van der Waals surface area contributed by atoms with Crippen molar-refractivity contribution in [3.8, 4) is 0 Å². The Morgan fingerprint density at radius 1 is 1.50 bits per heavy atom. The van der Waals surface area contributed by atoms with Crippen molar-refractivity contribution in [1.82, 2.24) is 0 Å². The van der Waals surface area contributed by atoms with Gasteiger partial charge in [-0.1, -0.05) is 18.2 Å². The van der Waals surface area contributed by atoms with Crippen molar-refractivity contribution in [2.24, 2.45) is 0 Å². The smallest absolute Gasteiger partial charge is 0.0432 e. The number of nitrogen functional groups attached to an aromatic ring is 1. The first kappa shape index (κ1) is 6.81. The van der Waals surface area contributed by atoms with Crippen molar-refractivity contribution in [3.05, 3.63) is 29.3 Å². The SMILES string of the molecule is Cc1cccc(C=N)c1N. The summed E-state index contributed by atoms with van der Waals surface area (Å²) in [5.41, 5.74) is 8.17. The van der Waals surface area contributed by atoms with Crippen LogP contribution in [0.1, 0.15) is 11.1 Å². The second-order valence-corrected chi connectivity index (χ2v) is 2.22. The molecule has 10 heavy (non-hydrogen) atoms. The average molecular weight is 134 g/mol. The normalized spacial score (nSPS) is 9.30. The fourth-order valence-corrected chi connectivity index (χ4v) is 0.829. The lowest BCUT2D eigenvalue weighted by Gasteiger charge is -2.01. The minimum atomic E-state index is 0.706. The maximum Gasteiger partial charge on any atom is 0.0432 e. The van der Waals surface area contributed by atoms with Crippen molar-refractivity contribution < 1.29 is 0 Å². The first-order chi connectivity index (χ1) is 4.75. The van der Waals surface area contributed by atoms with E-state index in [4.69, 9.17) is 11.1 Å². The van der Waals surface area contributed by atoms with Crippen LogP contribution >= 0.6 is 0 Å². The average Bonchev–Trinajstić information content (AvgIpc) is 1.95. The minimum Gasteiger partial charge on any atom is -0.398 e. The predicted octanol–water partition coefficient (Wildman–Crippen LogP) is 1.57. The number of aryl methyl sites for hydroxylation is 1. The van der Waals surface area contributed by atoms with Gasteiger partial charge in [-0.15, -0.1) is 0 Å². The Labute approximate surface area is 60.2 Å². The van der Waals surface area contributed by atoms with Crippen LogP contribution in [-0.4, -0.2) is 6.21 Å². The molecule has 0 aliphatic heterocycles. The second kappa shape index (κ2) is 2.52. The fourth-order valence-electron chi connectivity index (χ4n) is 0.829. The third kappa shape index (κ3) is 1.00. The summed E-state index contributed by atoms with van der Waals surface area (Å²) in [4.78, 5) is 0.